The Morgan fingerprint density at radius 3 is 2.13 bits per heavy atom. The Morgan fingerprint density at radius 1 is 1.00 bits per heavy atom. The predicted molar refractivity (Wildman–Crippen MR) is 93.3 cm³/mol. The summed E-state index contributed by atoms with van der Waals surface area (Å²) in [5.74, 6) is 0.287. The lowest BCUT2D eigenvalue weighted by molar-refractivity contribution is -0.128. The highest BCUT2D eigenvalue weighted by Gasteiger charge is 2.30. The summed E-state index contributed by atoms with van der Waals surface area (Å²) < 4.78 is 0. The zero-order valence-corrected chi connectivity index (χ0v) is 14.6. The zero-order chi connectivity index (χ0) is 17.0. The minimum atomic E-state index is 0.0120. The fraction of sp³-hybridized carbons (Fsp3) is 0.579. The Balaban J connectivity index is 1.88. The average molecular weight is 316 g/mol. The summed E-state index contributed by atoms with van der Waals surface area (Å²) in [5, 5.41) is 6.03. The lowest BCUT2D eigenvalue weighted by Crippen LogP contribution is -2.38. The van der Waals surface area contributed by atoms with Crippen LogP contribution in [0.5, 0.6) is 0 Å². The second kappa shape index (κ2) is 7.62. The van der Waals surface area contributed by atoms with Gasteiger partial charge in [-0.3, -0.25) is 9.59 Å². The standard InChI is InChI=1S/C19H28N2O2/c1-12(2)20-18(22)15-7-9-16(10-8-15)19(23)21-17-11-13(3)5-6-14(17)4/h5-6,11-12,15-16H,7-10H2,1-4H3,(H,20,22)(H,21,23). The molecule has 2 N–H and O–H groups in total. The molecule has 1 aromatic rings. The smallest absolute Gasteiger partial charge is 0.227 e. The van der Waals surface area contributed by atoms with E-state index in [4.69, 9.17) is 0 Å². The zero-order valence-electron chi connectivity index (χ0n) is 14.6. The molecule has 0 bridgehead atoms. The summed E-state index contributed by atoms with van der Waals surface area (Å²) in [6.45, 7) is 7.97. The second-order valence-corrected chi connectivity index (χ2v) is 7.02. The van der Waals surface area contributed by atoms with Crippen molar-refractivity contribution >= 4 is 17.5 Å². The summed E-state index contributed by atoms with van der Waals surface area (Å²) in [6, 6.07) is 6.25. The van der Waals surface area contributed by atoms with Gasteiger partial charge in [0.25, 0.3) is 0 Å². The van der Waals surface area contributed by atoms with Gasteiger partial charge in [0, 0.05) is 23.6 Å². The van der Waals surface area contributed by atoms with E-state index < -0.39 is 0 Å². The minimum absolute atomic E-state index is 0.0120. The van der Waals surface area contributed by atoms with Crippen LogP contribution in [0.3, 0.4) is 0 Å². The molecule has 1 saturated carbocycles. The summed E-state index contributed by atoms with van der Waals surface area (Å²) in [7, 11) is 0. The van der Waals surface area contributed by atoms with Crippen LogP contribution >= 0.6 is 0 Å². The van der Waals surface area contributed by atoms with Gasteiger partial charge in [0.05, 0.1) is 0 Å². The van der Waals surface area contributed by atoms with Crippen molar-refractivity contribution in [1.82, 2.24) is 5.32 Å². The van der Waals surface area contributed by atoms with E-state index in [1.165, 1.54) is 0 Å². The first-order chi connectivity index (χ1) is 10.9. The van der Waals surface area contributed by atoms with E-state index in [0.29, 0.717) is 0 Å². The van der Waals surface area contributed by atoms with Crippen LogP contribution in [0.2, 0.25) is 0 Å². The maximum absolute atomic E-state index is 12.5. The van der Waals surface area contributed by atoms with Crippen molar-refractivity contribution in [3.05, 3.63) is 29.3 Å². The molecule has 1 aliphatic rings. The van der Waals surface area contributed by atoms with Crippen molar-refractivity contribution in [2.75, 3.05) is 5.32 Å². The first kappa shape index (κ1) is 17.5. The van der Waals surface area contributed by atoms with E-state index >= 15 is 0 Å². The molecule has 0 spiro atoms. The molecule has 0 saturated heterocycles. The number of hydrogen-bond donors (Lipinski definition) is 2. The lowest BCUT2D eigenvalue weighted by atomic mass is 9.81. The molecule has 2 rings (SSSR count). The Morgan fingerprint density at radius 2 is 1.57 bits per heavy atom. The second-order valence-electron chi connectivity index (χ2n) is 7.02. The Kier molecular flexibility index (Phi) is 5.80. The number of benzene rings is 1. The van der Waals surface area contributed by atoms with Crippen molar-refractivity contribution in [2.24, 2.45) is 11.8 Å². The molecule has 0 atom stereocenters. The van der Waals surface area contributed by atoms with Gasteiger partial charge in [-0.2, -0.15) is 0 Å². The summed E-state index contributed by atoms with van der Waals surface area (Å²) >= 11 is 0. The molecule has 4 heteroatoms. The third-order valence-corrected chi connectivity index (χ3v) is 4.55. The van der Waals surface area contributed by atoms with Gasteiger partial charge in [-0.25, -0.2) is 0 Å². The van der Waals surface area contributed by atoms with Gasteiger partial charge in [-0.1, -0.05) is 12.1 Å². The lowest BCUT2D eigenvalue weighted by Gasteiger charge is -2.27. The van der Waals surface area contributed by atoms with Crippen molar-refractivity contribution in [1.29, 1.82) is 0 Å². The van der Waals surface area contributed by atoms with Crippen molar-refractivity contribution in [3.8, 4) is 0 Å². The molecule has 1 aliphatic carbocycles. The first-order valence-corrected chi connectivity index (χ1v) is 8.55. The number of aryl methyl sites for hydroxylation is 2. The Labute approximate surface area is 139 Å². The normalized spacial score (nSPS) is 21.1. The Hall–Kier alpha value is -1.84. The third-order valence-electron chi connectivity index (χ3n) is 4.55. The fourth-order valence-electron chi connectivity index (χ4n) is 3.13. The maximum Gasteiger partial charge on any atom is 0.227 e. The van der Waals surface area contributed by atoms with Crippen molar-refractivity contribution < 1.29 is 9.59 Å². The van der Waals surface area contributed by atoms with Gasteiger partial charge in [-0.15, -0.1) is 0 Å². The number of carbonyl (C=O) groups is 2. The molecule has 0 aliphatic heterocycles. The predicted octanol–water partition coefficient (Wildman–Crippen LogP) is 3.57. The van der Waals surface area contributed by atoms with E-state index in [-0.39, 0.29) is 29.7 Å². The van der Waals surface area contributed by atoms with E-state index in [1.54, 1.807) is 0 Å². The van der Waals surface area contributed by atoms with Crippen LogP contribution in [0.15, 0.2) is 18.2 Å². The van der Waals surface area contributed by atoms with Crippen molar-refractivity contribution in [3.63, 3.8) is 0 Å². The fourth-order valence-corrected chi connectivity index (χ4v) is 3.13. The molecular weight excluding hydrogens is 288 g/mol. The number of rotatable bonds is 4. The van der Waals surface area contributed by atoms with Gasteiger partial charge >= 0.3 is 0 Å². The largest absolute Gasteiger partial charge is 0.354 e. The molecule has 2 amide bonds. The quantitative estimate of drug-likeness (QED) is 0.892. The molecular formula is C19H28N2O2. The average Bonchev–Trinajstić information content (AvgIpc) is 2.50. The van der Waals surface area contributed by atoms with E-state index in [2.05, 4.69) is 10.6 Å². The maximum atomic E-state index is 12.5. The van der Waals surface area contributed by atoms with Crippen LogP contribution in [-0.2, 0) is 9.59 Å². The first-order valence-electron chi connectivity index (χ1n) is 8.55. The molecule has 0 aromatic heterocycles. The van der Waals surface area contributed by atoms with Gasteiger partial charge in [0.15, 0.2) is 0 Å². The highest BCUT2D eigenvalue weighted by molar-refractivity contribution is 5.93. The van der Waals surface area contributed by atoms with Crippen LogP contribution < -0.4 is 10.6 Å². The molecule has 23 heavy (non-hydrogen) atoms. The van der Waals surface area contributed by atoms with E-state index in [0.717, 1.165) is 42.5 Å². The van der Waals surface area contributed by atoms with E-state index in [9.17, 15) is 9.59 Å². The van der Waals surface area contributed by atoms with Crippen molar-refractivity contribution in [2.45, 2.75) is 59.4 Å². The molecule has 1 fully saturated rings. The topological polar surface area (TPSA) is 58.2 Å². The van der Waals surface area contributed by atoms with Gasteiger partial charge in [-0.05, 0) is 70.6 Å². The van der Waals surface area contributed by atoms with Crippen LogP contribution in [0.4, 0.5) is 5.69 Å². The highest BCUT2D eigenvalue weighted by atomic mass is 16.2. The van der Waals surface area contributed by atoms with Crippen LogP contribution in [0.1, 0.15) is 50.7 Å². The molecule has 0 radical (unpaired) electrons. The number of anilines is 1. The molecule has 0 unspecified atom stereocenters. The summed E-state index contributed by atoms with van der Waals surface area (Å²) in [4.78, 5) is 24.5. The SMILES string of the molecule is Cc1ccc(C)c(NC(=O)C2CCC(C(=O)NC(C)C)CC2)c1. The van der Waals surface area contributed by atoms with Crippen LogP contribution in [0, 0.1) is 25.7 Å². The Bertz CT molecular complexity index is 573. The van der Waals surface area contributed by atoms with Gasteiger partial charge < -0.3 is 10.6 Å². The van der Waals surface area contributed by atoms with Crippen LogP contribution in [-0.4, -0.2) is 17.9 Å². The van der Waals surface area contributed by atoms with Gasteiger partial charge in [0.1, 0.15) is 0 Å². The number of carbonyl (C=O) groups excluding carboxylic acids is 2. The van der Waals surface area contributed by atoms with Crippen LogP contribution in [0.25, 0.3) is 0 Å². The number of amides is 2. The molecule has 1 aromatic carbocycles. The van der Waals surface area contributed by atoms with Gasteiger partial charge in [0.2, 0.25) is 11.8 Å². The summed E-state index contributed by atoms with van der Waals surface area (Å²) in [5.41, 5.74) is 3.11. The van der Waals surface area contributed by atoms with E-state index in [1.807, 2.05) is 45.9 Å². The summed E-state index contributed by atoms with van der Waals surface area (Å²) in [6.07, 6.45) is 3.16. The monoisotopic (exact) mass is 316 g/mol. The number of nitrogens with one attached hydrogen (secondary N) is 2. The molecule has 4 nitrogen and oxygen atoms in total. The highest BCUT2D eigenvalue weighted by Crippen LogP contribution is 2.30. The number of hydrogen-bond acceptors (Lipinski definition) is 2. The molecule has 0 heterocycles. The minimum Gasteiger partial charge on any atom is -0.354 e. The third kappa shape index (κ3) is 4.81. The molecule has 126 valence electrons.